The summed E-state index contributed by atoms with van der Waals surface area (Å²) in [6, 6.07) is 12.4. The Morgan fingerprint density at radius 3 is 2.72 bits per heavy atom. The predicted molar refractivity (Wildman–Crippen MR) is 142 cm³/mol. The van der Waals surface area contributed by atoms with Crippen LogP contribution in [0.4, 0.5) is 5.69 Å². The maximum atomic E-state index is 13.3. The molecule has 3 N–H and O–H groups in total. The third kappa shape index (κ3) is 7.36. The van der Waals surface area contributed by atoms with E-state index in [1.165, 1.54) is 0 Å². The molecule has 0 bridgehead atoms. The number of carboxylic acid groups (broad SMARTS) is 1. The van der Waals surface area contributed by atoms with E-state index in [1.54, 1.807) is 30.1 Å². The lowest BCUT2D eigenvalue weighted by molar-refractivity contribution is -0.139. The number of rotatable bonds is 9. The average molecular weight is 538 g/mol. The fraction of sp³-hybridized carbons (Fsp3) is 0.400. The van der Waals surface area contributed by atoms with Crippen LogP contribution in [0.5, 0.6) is 5.75 Å². The number of nitrogens with zero attached hydrogens (tertiary/aromatic N) is 2. The SMILES string of the molecule is CN(C(=O)Cc1ccc2c(c1)NC(=O)C2)C(CN1CC[C@H](O)C1)c1cccc(OCC(=O)O)c1.Cl.S. The van der Waals surface area contributed by atoms with E-state index >= 15 is 0 Å². The molecule has 0 saturated carbocycles. The van der Waals surface area contributed by atoms with Crippen molar-refractivity contribution in [2.75, 3.05) is 38.6 Å². The van der Waals surface area contributed by atoms with Gasteiger partial charge in [-0.15, -0.1) is 12.4 Å². The van der Waals surface area contributed by atoms with Gasteiger partial charge in [0.15, 0.2) is 6.61 Å². The van der Waals surface area contributed by atoms with Gasteiger partial charge in [0.1, 0.15) is 5.75 Å². The van der Waals surface area contributed by atoms with Gasteiger partial charge < -0.3 is 25.2 Å². The second-order valence-corrected chi connectivity index (χ2v) is 8.87. The number of aliphatic carboxylic acids is 1. The highest BCUT2D eigenvalue weighted by Crippen LogP contribution is 2.28. The quantitative estimate of drug-likeness (QED) is 0.447. The number of fused-ring (bicyclic) bond motifs is 1. The molecule has 2 aliphatic heterocycles. The first-order valence-corrected chi connectivity index (χ1v) is 11.3. The van der Waals surface area contributed by atoms with Crippen LogP contribution in [-0.2, 0) is 27.2 Å². The lowest BCUT2D eigenvalue weighted by Gasteiger charge is -2.32. The van der Waals surface area contributed by atoms with Crippen LogP contribution in [0, 0.1) is 0 Å². The van der Waals surface area contributed by atoms with Gasteiger partial charge in [-0.2, -0.15) is 13.5 Å². The van der Waals surface area contributed by atoms with Gasteiger partial charge in [-0.1, -0.05) is 24.3 Å². The second-order valence-electron chi connectivity index (χ2n) is 8.87. The Morgan fingerprint density at radius 2 is 2.03 bits per heavy atom. The Bertz CT molecular complexity index is 1100. The van der Waals surface area contributed by atoms with E-state index in [4.69, 9.17) is 9.84 Å². The first-order chi connectivity index (χ1) is 16.3. The number of benzene rings is 2. The first kappa shape index (κ1) is 29.4. The smallest absolute Gasteiger partial charge is 0.341 e. The Hall–Kier alpha value is -2.79. The topological polar surface area (TPSA) is 119 Å². The number of halogens is 1. The molecule has 2 aromatic carbocycles. The number of likely N-dealkylation sites (N-methyl/N-ethyl adjacent to an activating group) is 1. The van der Waals surface area contributed by atoms with E-state index < -0.39 is 12.6 Å². The number of amides is 2. The third-order valence-electron chi connectivity index (χ3n) is 6.30. The third-order valence-corrected chi connectivity index (χ3v) is 6.30. The highest BCUT2D eigenvalue weighted by atomic mass is 35.5. The van der Waals surface area contributed by atoms with Crippen LogP contribution in [0.15, 0.2) is 42.5 Å². The first-order valence-electron chi connectivity index (χ1n) is 11.3. The molecular formula is C25H32ClN3O6S. The molecule has 0 spiro atoms. The van der Waals surface area contributed by atoms with Crippen LogP contribution in [0.25, 0.3) is 0 Å². The molecule has 2 aliphatic rings. The molecule has 2 aromatic rings. The molecule has 1 unspecified atom stereocenters. The molecule has 0 aromatic heterocycles. The minimum Gasteiger partial charge on any atom is -0.482 e. The minimum atomic E-state index is -1.06. The zero-order chi connectivity index (χ0) is 24.2. The monoisotopic (exact) mass is 537 g/mol. The van der Waals surface area contributed by atoms with E-state index in [9.17, 15) is 19.5 Å². The summed E-state index contributed by atoms with van der Waals surface area (Å²) in [4.78, 5) is 39.6. The van der Waals surface area contributed by atoms with Crippen molar-refractivity contribution in [3.05, 3.63) is 59.2 Å². The molecule has 2 atom stereocenters. The maximum Gasteiger partial charge on any atom is 0.341 e. The number of anilines is 1. The molecule has 36 heavy (non-hydrogen) atoms. The average Bonchev–Trinajstić information content (AvgIpc) is 3.39. The number of aliphatic hydroxyl groups is 1. The highest BCUT2D eigenvalue weighted by Gasteiger charge is 2.29. The van der Waals surface area contributed by atoms with Gasteiger partial charge in [-0.3, -0.25) is 14.5 Å². The summed E-state index contributed by atoms with van der Waals surface area (Å²) in [6.45, 7) is 1.36. The molecular weight excluding hydrogens is 506 g/mol. The Labute approximate surface area is 223 Å². The largest absolute Gasteiger partial charge is 0.482 e. The van der Waals surface area contributed by atoms with Crippen molar-refractivity contribution in [1.29, 1.82) is 0 Å². The summed E-state index contributed by atoms with van der Waals surface area (Å²) in [5.41, 5.74) is 3.31. The number of ether oxygens (including phenoxy) is 1. The van der Waals surface area contributed by atoms with Gasteiger partial charge in [0.25, 0.3) is 0 Å². The van der Waals surface area contributed by atoms with Crippen LogP contribution < -0.4 is 10.1 Å². The number of nitrogens with one attached hydrogen (secondary N) is 1. The summed E-state index contributed by atoms with van der Waals surface area (Å²) in [5.74, 6) is -0.785. The van der Waals surface area contributed by atoms with Crippen molar-refractivity contribution in [2.45, 2.75) is 31.4 Å². The molecule has 4 rings (SSSR count). The van der Waals surface area contributed by atoms with Crippen LogP contribution >= 0.6 is 25.9 Å². The molecule has 196 valence electrons. The molecule has 0 radical (unpaired) electrons. The van der Waals surface area contributed by atoms with Crippen LogP contribution in [-0.4, -0.2) is 77.2 Å². The fourth-order valence-electron chi connectivity index (χ4n) is 4.48. The number of carbonyl (C=O) groups excluding carboxylic acids is 2. The lowest BCUT2D eigenvalue weighted by Crippen LogP contribution is -2.39. The van der Waals surface area contributed by atoms with Gasteiger partial charge in [-0.05, 0) is 41.3 Å². The summed E-state index contributed by atoms with van der Waals surface area (Å²) >= 11 is 0. The maximum absolute atomic E-state index is 13.3. The predicted octanol–water partition coefficient (Wildman–Crippen LogP) is 1.99. The minimum absolute atomic E-state index is 0. The Kier molecular flexibility index (Phi) is 10.6. The van der Waals surface area contributed by atoms with Gasteiger partial charge in [0.2, 0.25) is 11.8 Å². The van der Waals surface area contributed by atoms with Gasteiger partial charge >= 0.3 is 5.97 Å². The van der Waals surface area contributed by atoms with Crippen LogP contribution in [0.1, 0.15) is 29.2 Å². The standard InChI is InChI=1S/C25H29N3O6.ClH.H2S/c1-27(24(31)10-16-5-6-17-12-23(30)26-21(17)9-16)22(14-28-8-7-19(29)13-28)18-3-2-4-20(11-18)34-15-25(32)33;;/h2-6,9,11,19,22,29H,7-8,10,12-15H2,1H3,(H,26,30)(H,32,33);1H;1H2/t19-,22?;;/m0../s1. The summed E-state index contributed by atoms with van der Waals surface area (Å²) < 4.78 is 5.34. The van der Waals surface area contributed by atoms with Crippen molar-refractivity contribution in [3.8, 4) is 5.75 Å². The van der Waals surface area contributed by atoms with Crippen molar-refractivity contribution in [2.24, 2.45) is 0 Å². The van der Waals surface area contributed by atoms with E-state index in [0.717, 1.165) is 28.9 Å². The molecule has 2 heterocycles. The van der Waals surface area contributed by atoms with E-state index in [1.807, 2.05) is 24.3 Å². The zero-order valence-corrected chi connectivity index (χ0v) is 21.8. The zero-order valence-electron chi connectivity index (χ0n) is 20.0. The molecule has 1 fully saturated rings. The number of hydrogen-bond donors (Lipinski definition) is 3. The van der Waals surface area contributed by atoms with Crippen molar-refractivity contribution in [1.82, 2.24) is 9.80 Å². The number of hydrogen-bond acceptors (Lipinski definition) is 6. The van der Waals surface area contributed by atoms with E-state index in [2.05, 4.69) is 10.2 Å². The van der Waals surface area contributed by atoms with E-state index in [0.29, 0.717) is 31.7 Å². The van der Waals surface area contributed by atoms with Crippen molar-refractivity contribution < 1.29 is 29.3 Å². The summed E-state index contributed by atoms with van der Waals surface area (Å²) in [5, 5.41) is 21.7. The normalized spacial score (nSPS) is 17.3. The number of carbonyl (C=O) groups is 3. The van der Waals surface area contributed by atoms with Crippen LogP contribution in [0.2, 0.25) is 0 Å². The molecule has 11 heteroatoms. The number of β-amino-alcohol motifs (C(OH)–C–C–N with tert-alkyl or cyclic N) is 1. The molecule has 2 amide bonds. The van der Waals surface area contributed by atoms with Crippen molar-refractivity contribution >= 4 is 49.4 Å². The number of aliphatic hydroxyl groups excluding tert-OH is 1. The summed E-state index contributed by atoms with van der Waals surface area (Å²) in [6.07, 6.45) is 0.836. The second kappa shape index (κ2) is 13.0. The highest BCUT2D eigenvalue weighted by molar-refractivity contribution is 7.59. The Morgan fingerprint density at radius 1 is 1.25 bits per heavy atom. The molecule has 0 aliphatic carbocycles. The Balaban J connectivity index is 0.00000228. The number of likely N-dealkylation sites (tertiary alicyclic amines) is 1. The van der Waals surface area contributed by atoms with Crippen molar-refractivity contribution in [3.63, 3.8) is 0 Å². The van der Waals surface area contributed by atoms with E-state index in [-0.39, 0.29) is 56.3 Å². The molecule has 9 nitrogen and oxygen atoms in total. The molecule has 1 saturated heterocycles. The fourth-order valence-corrected chi connectivity index (χ4v) is 4.48. The van der Waals surface area contributed by atoms with Gasteiger partial charge in [0.05, 0.1) is 25.0 Å². The lowest BCUT2D eigenvalue weighted by atomic mass is 10.0. The van der Waals surface area contributed by atoms with Crippen LogP contribution in [0.3, 0.4) is 0 Å². The summed E-state index contributed by atoms with van der Waals surface area (Å²) in [7, 11) is 1.75. The van der Waals surface area contributed by atoms with Gasteiger partial charge in [0, 0.05) is 32.4 Å². The number of carboxylic acids is 1. The van der Waals surface area contributed by atoms with Gasteiger partial charge in [-0.25, -0.2) is 4.79 Å².